The number of nitrogens with zero attached hydrogens (tertiary/aromatic N) is 6. The van der Waals surface area contributed by atoms with Crippen molar-refractivity contribution >= 4 is 6.03 Å². The molecule has 0 radical (unpaired) electrons. The van der Waals surface area contributed by atoms with Gasteiger partial charge in [0.1, 0.15) is 12.7 Å². The summed E-state index contributed by atoms with van der Waals surface area (Å²) in [5.41, 5.74) is 1.01. The van der Waals surface area contributed by atoms with E-state index >= 15 is 0 Å². The minimum absolute atomic E-state index is 0.0352. The molecule has 1 atom stereocenters. The van der Waals surface area contributed by atoms with E-state index in [9.17, 15) is 4.79 Å². The number of nitrogens with one attached hydrogen (secondary N) is 1. The molecule has 2 aromatic rings. The Bertz CT molecular complexity index is 742. The fourth-order valence-corrected chi connectivity index (χ4v) is 4.27. The predicted molar refractivity (Wildman–Crippen MR) is 100.0 cm³/mol. The van der Waals surface area contributed by atoms with Gasteiger partial charge < -0.3 is 14.8 Å². The molecular weight excluding hydrogens is 342 g/mol. The first-order valence-corrected chi connectivity index (χ1v) is 9.98. The molecule has 144 valence electrons. The van der Waals surface area contributed by atoms with E-state index in [-0.39, 0.29) is 11.9 Å². The van der Waals surface area contributed by atoms with Crippen molar-refractivity contribution in [2.75, 3.05) is 13.1 Å². The van der Waals surface area contributed by atoms with Gasteiger partial charge in [0, 0.05) is 36.9 Å². The second-order valence-electron chi connectivity index (χ2n) is 7.52. The number of hydrogen-bond acceptors (Lipinski definition) is 5. The molecule has 0 bridgehead atoms. The Morgan fingerprint density at radius 2 is 2.07 bits per heavy atom. The molecule has 1 aliphatic heterocycles. The zero-order valence-corrected chi connectivity index (χ0v) is 15.6. The van der Waals surface area contributed by atoms with E-state index in [0.29, 0.717) is 19.1 Å². The summed E-state index contributed by atoms with van der Waals surface area (Å²) >= 11 is 0. The Morgan fingerprint density at radius 3 is 2.89 bits per heavy atom. The number of carbonyl (C=O) groups is 1. The first-order chi connectivity index (χ1) is 13.3. The highest BCUT2D eigenvalue weighted by Crippen LogP contribution is 2.28. The van der Waals surface area contributed by atoms with Gasteiger partial charge in [-0.2, -0.15) is 0 Å². The van der Waals surface area contributed by atoms with Gasteiger partial charge in [0.15, 0.2) is 5.82 Å². The third kappa shape index (κ3) is 4.26. The molecule has 4 rings (SSSR count). The highest BCUT2D eigenvalue weighted by Gasteiger charge is 2.26. The largest absolute Gasteiger partial charge is 0.331 e. The number of aromatic nitrogens is 5. The zero-order valence-electron chi connectivity index (χ0n) is 15.6. The summed E-state index contributed by atoms with van der Waals surface area (Å²) in [5, 5.41) is 11.3. The first-order valence-electron chi connectivity index (χ1n) is 9.98. The lowest BCUT2D eigenvalue weighted by Crippen LogP contribution is -2.45. The summed E-state index contributed by atoms with van der Waals surface area (Å²) in [5.74, 6) is 1.12. The minimum Gasteiger partial charge on any atom is -0.331 e. The quantitative estimate of drug-likeness (QED) is 0.895. The van der Waals surface area contributed by atoms with Crippen LogP contribution in [0.25, 0.3) is 0 Å². The number of carbonyl (C=O) groups excluding carboxylic acids is 1. The maximum Gasteiger partial charge on any atom is 0.317 e. The van der Waals surface area contributed by atoms with Crippen LogP contribution in [-0.2, 0) is 6.54 Å². The van der Waals surface area contributed by atoms with Gasteiger partial charge in [0.05, 0.1) is 6.54 Å². The Morgan fingerprint density at radius 1 is 1.19 bits per heavy atom. The monoisotopic (exact) mass is 369 g/mol. The third-order valence-electron chi connectivity index (χ3n) is 5.74. The van der Waals surface area contributed by atoms with Crippen molar-refractivity contribution in [1.29, 1.82) is 0 Å². The van der Waals surface area contributed by atoms with Crippen LogP contribution in [0, 0.1) is 0 Å². The average Bonchev–Trinajstić information content (AvgIpc) is 3.22. The maximum absolute atomic E-state index is 12.7. The molecule has 8 nitrogen and oxygen atoms in total. The standard InChI is InChI=1S/C19H27N7O/c27-19(25-10-4-5-15(12-25)17-8-9-20-13-22-17)21-11-18-24-23-14-26(18)16-6-2-1-3-7-16/h8-9,13-16H,1-7,10-12H2,(H,21,27). The summed E-state index contributed by atoms with van der Waals surface area (Å²) in [7, 11) is 0. The van der Waals surface area contributed by atoms with Crippen LogP contribution in [0.15, 0.2) is 24.9 Å². The molecule has 0 spiro atoms. The van der Waals surface area contributed by atoms with Crippen molar-refractivity contribution in [3.8, 4) is 0 Å². The van der Waals surface area contributed by atoms with Crippen LogP contribution >= 0.6 is 0 Å². The van der Waals surface area contributed by atoms with Gasteiger partial charge in [-0.15, -0.1) is 10.2 Å². The summed E-state index contributed by atoms with van der Waals surface area (Å²) in [6.07, 6.45) is 13.4. The highest BCUT2D eigenvalue weighted by molar-refractivity contribution is 5.74. The lowest BCUT2D eigenvalue weighted by atomic mass is 9.95. The van der Waals surface area contributed by atoms with Crippen LogP contribution in [0.1, 0.15) is 68.4 Å². The fraction of sp³-hybridized carbons (Fsp3) is 0.632. The molecule has 2 aromatic heterocycles. The molecule has 27 heavy (non-hydrogen) atoms. The molecule has 1 unspecified atom stereocenters. The van der Waals surface area contributed by atoms with Crippen LogP contribution in [0.5, 0.6) is 0 Å². The Kier molecular flexibility index (Phi) is 5.60. The van der Waals surface area contributed by atoms with Crippen molar-refractivity contribution in [2.24, 2.45) is 0 Å². The molecule has 0 aromatic carbocycles. The number of urea groups is 1. The summed E-state index contributed by atoms with van der Waals surface area (Å²) in [6.45, 7) is 1.89. The van der Waals surface area contributed by atoms with Crippen molar-refractivity contribution in [1.82, 2.24) is 34.9 Å². The smallest absolute Gasteiger partial charge is 0.317 e. The molecule has 2 fully saturated rings. The summed E-state index contributed by atoms with van der Waals surface area (Å²) in [6, 6.07) is 2.38. The van der Waals surface area contributed by atoms with Crippen molar-refractivity contribution in [3.05, 3.63) is 36.4 Å². The number of hydrogen-bond donors (Lipinski definition) is 1. The highest BCUT2D eigenvalue weighted by atomic mass is 16.2. The van der Waals surface area contributed by atoms with Gasteiger partial charge in [-0.25, -0.2) is 14.8 Å². The Balaban J connectivity index is 1.34. The zero-order chi connectivity index (χ0) is 18.5. The second-order valence-corrected chi connectivity index (χ2v) is 7.52. The van der Waals surface area contributed by atoms with Crippen LogP contribution in [0.2, 0.25) is 0 Å². The van der Waals surface area contributed by atoms with Crippen molar-refractivity contribution in [2.45, 2.75) is 63.5 Å². The third-order valence-corrected chi connectivity index (χ3v) is 5.74. The minimum atomic E-state index is -0.0352. The molecule has 3 heterocycles. The van der Waals surface area contributed by atoms with Gasteiger partial charge in [-0.3, -0.25) is 0 Å². The SMILES string of the molecule is O=C(NCc1nncn1C1CCCCC1)N1CCCC(c2ccncn2)C1. The number of amides is 2. The Labute approximate surface area is 159 Å². The van der Waals surface area contributed by atoms with Crippen molar-refractivity contribution < 1.29 is 4.79 Å². The lowest BCUT2D eigenvalue weighted by Gasteiger charge is -2.32. The van der Waals surface area contributed by atoms with E-state index in [0.717, 1.165) is 30.9 Å². The number of piperidine rings is 1. The molecule has 1 N–H and O–H groups in total. The van der Waals surface area contributed by atoms with Crippen LogP contribution < -0.4 is 5.32 Å². The fourth-order valence-electron chi connectivity index (χ4n) is 4.27. The van der Waals surface area contributed by atoms with Gasteiger partial charge in [-0.05, 0) is 31.7 Å². The van der Waals surface area contributed by atoms with Gasteiger partial charge in [0.2, 0.25) is 0 Å². The molecular formula is C19H27N7O. The molecule has 1 saturated heterocycles. The van der Waals surface area contributed by atoms with Gasteiger partial charge in [-0.1, -0.05) is 19.3 Å². The van der Waals surface area contributed by atoms with E-state index in [1.54, 1.807) is 12.5 Å². The van der Waals surface area contributed by atoms with E-state index in [2.05, 4.69) is 30.0 Å². The number of likely N-dealkylation sites (tertiary alicyclic amines) is 1. The first kappa shape index (κ1) is 17.9. The summed E-state index contributed by atoms with van der Waals surface area (Å²) < 4.78 is 2.15. The van der Waals surface area contributed by atoms with Crippen LogP contribution in [0.3, 0.4) is 0 Å². The van der Waals surface area contributed by atoms with Crippen molar-refractivity contribution in [3.63, 3.8) is 0 Å². The summed E-state index contributed by atoms with van der Waals surface area (Å²) in [4.78, 5) is 22.9. The van der Waals surface area contributed by atoms with E-state index < -0.39 is 0 Å². The predicted octanol–water partition coefficient (Wildman–Crippen LogP) is 2.66. The lowest BCUT2D eigenvalue weighted by molar-refractivity contribution is 0.178. The maximum atomic E-state index is 12.7. The molecule has 1 aliphatic carbocycles. The van der Waals surface area contributed by atoms with Crippen LogP contribution in [-0.4, -0.2) is 48.8 Å². The topological polar surface area (TPSA) is 88.8 Å². The van der Waals surface area contributed by atoms with Gasteiger partial charge in [0.25, 0.3) is 0 Å². The molecule has 2 amide bonds. The van der Waals surface area contributed by atoms with E-state index in [1.807, 2.05) is 17.3 Å². The normalized spacial score (nSPS) is 21.2. The van der Waals surface area contributed by atoms with Crippen LogP contribution in [0.4, 0.5) is 4.79 Å². The second kappa shape index (κ2) is 8.45. The molecule has 8 heteroatoms. The van der Waals surface area contributed by atoms with E-state index in [1.165, 1.54) is 32.1 Å². The van der Waals surface area contributed by atoms with E-state index in [4.69, 9.17) is 0 Å². The molecule has 2 aliphatic rings. The Hall–Kier alpha value is -2.51. The average molecular weight is 369 g/mol. The molecule has 1 saturated carbocycles. The number of rotatable bonds is 4. The van der Waals surface area contributed by atoms with Gasteiger partial charge >= 0.3 is 6.03 Å².